The zero-order valence-electron chi connectivity index (χ0n) is 15.8. The molecule has 8 nitrogen and oxygen atoms in total. The molecule has 3 aliphatic rings. The van der Waals surface area contributed by atoms with Crippen LogP contribution in [0.25, 0.3) is 10.9 Å². The molecular weight excluding hydrogens is 344 g/mol. The van der Waals surface area contributed by atoms with Gasteiger partial charge in [0.05, 0.1) is 5.52 Å². The highest BCUT2D eigenvalue weighted by Crippen LogP contribution is 2.30. The number of aromatic nitrogens is 2. The minimum absolute atomic E-state index is 0.0395. The Labute approximate surface area is 158 Å². The number of urea groups is 1. The van der Waals surface area contributed by atoms with Crippen LogP contribution in [0.3, 0.4) is 0 Å². The lowest BCUT2D eigenvalue weighted by Crippen LogP contribution is -2.62. The summed E-state index contributed by atoms with van der Waals surface area (Å²) in [5.41, 5.74) is 7.41. The molecule has 1 aromatic carbocycles. The predicted octanol–water partition coefficient (Wildman–Crippen LogP) is 1.78. The highest BCUT2D eigenvalue weighted by atomic mass is 16.2. The van der Waals surface area contributed by atoms with Crippen molar-refractivity contribution >= 4 is 28.5 Å². The topological polar surface area (TPSA) is 98.6 Å². The molecule has 5 rings (SSSR count). The van der Waals surface area contributed by atoms with E-state index in [0.29, 0.717) is 24.0 Å². The Balaban J connectivity index is 1.67. The third kappa shape index (κ3) is 3.03. The van der Waals surface area contributed by atoms with Gasteiger partial charge in [-0.25, -0.2) is 4.79 Å². The molecule has 2 atom stereocenters. The number of rotatable bonds is 4. The molecule has 2 unspecified atom stereocenters. The maximum Gasteiger partial charge on any atom is 0.319 e. The van der Waals surface area contributed by atoms with Gasteiger partial charge in [-0.1, -0.05) is 6.92 Å². The fraction of sp³-hybridized carbons (Fsp3) is 0.526. The van der Waals surface area contributed by atoms with Crippen LogP contribution in [-0.2, 0) is 0 Å². The van der Waals surface area contributed by atoms with Gasteiger partial charge in [0.2, 0.25) is 0 Å². The molecule has 27 heavy (non-hydrogen) atoms. The van der Waals surface area contributed by atoms with E-state index in [-0.39, 0.29) is 11.9 Å². The highest BCUT2D eigenvalue weighted by molar-refractivity contribution is 6.06. The zero-order valence-corrected chi connectivity index (χ0v) is 15.8. The van der Waals surface area contributed by atoms with Gasteiger partial charge in [0.25, 0.3) is 5.91 Å². The van der Waals surface area contributed by atoms with Gasteiger partial charge in [0.1, 0.15) is 0 Å². The van der Waals surface area contributed by atoms with Crippen LogP contribution < -0.4 is 10.6 Å². The summed E-state index contributed by atoms with van der Waals surface area (Å²) in [6.45, 7) is 4.18. The predicted molar refractivity (Wildman–Crippen MR) is 104 cm³/mol. The molecule has 3 aliphatic heterocycles. The molecule has 8 heteroatoms. The van der Waals surface area contributed by atoms with Gasteiger partial charge in [0.15, 0.2) is 5.69 Å². The van der Waals surface area contributed by atoms with E-state index in [0.717, 1.165) is 43.3 Å². The van der Waals surface area contributed by atoms with E-state index in [9.17, 15) is 9.59 Å². The van der Waals surface area contributed by atoms with E-state index in [1.807, 2.05) is 30.0 Å². The number of nitrogens with two attached hydrogens (primary N) is 1. The summed E-state index contributed by atoms with van der Waals surface area (Å²) >= 11 is 0. The van der Waals surface area contributed by atoms with Gasteiger partial charge in [0, 0.05) is 42.8 Å². The summed E-state index contributed by atoms with van der Waals surface area (Å²) in [5, 5.41) is 7.98. The second-order valence-electron chi connectivity index (χ2n) is 7.57. The normalized spacial score (nSPS) is 22.4. The Kier molecular flexibility index (Phi) is 4.51. The van der Waals surface area contributed by atoms with Gasteiger partial charge >= 0.3 is 6.03 Å². The Hall–Kier alpha value is -2.61. The standard InChI is InChI=1S/C19H26N6O2/c1-3-8-24(19(20)27)12-6-7-16-15(9-12)17(22-21-16)18(26)25-11-13-4-5-14(25)10-23(13)2/h6-7,9,13-14H,3-5,8,10-11H2,1-2H3,(H2,20,27)(H,21,22). The first-order valence-electron chi connectivity index (χ1n) is 9.56. The minimum atomic E-state index is -0.496. The summed E-state index contributed by atoms with van der Waals surface area (Å²) < 4.78 is 0. The van der Waals surface area contributed by atoms with Crippen molar-refractivity contribution in [2.45, 2.75) is 38.3 Å². The van der Waals surface area contributed by atoms with Gasteiger partial charge in [-0.3, -0.25) is 19.7 Å². The van der Waals surface area contributed by atoms with E-state index >= 15 is 0 Å². The van der Waals surface area contributed by atoms with E-state index in [1.165, 1.54) is 4.90 Å². The molecule has 3 N–H and O–H groups in total. The third-order valence-corrected chi connectivity index (χ3v) is 5.84. The summed E-state index contributed by atoms with van der Waals surface area (Å²) in [7, 11) is 2.13. The first kappa shape index (κ1) is 17.8. The van der Waals surface area contributed by atoms with Crippen LogP contribution in [0.5, 0.6) is 0 Å². The molecule has 2 aromatic rings. The number of primary amides is 1. The van der Waals surface area contributed by atoms with Crippen LogP contribution in [0.2, 0.25) is 0 Å². The van der Waals surface area contributed by atoms with E-state index in [2.05, 4.69) is 22.1 Å². The molecule has 0 saturated carbocycles. The Morgan fingerprint density at radius 3 is 2.70 bits per heavy atom. The molecular formula is C19H26N6O2. The molecule has 3 saturated heterocycles. The van der Waals surface area contributed by atoms with Gasteiger partial charge in [-0.2, -0.15) is 5.10 Å². The average molecular weight is 370 g/mol. The maximum absolute atomic E-state index is 13.2. The first-order valence-corrected chi connectivity index (χ1v) is 9.56. The van der Waals surface area contributed by atoms with Crippen molar-refractivity contribution < 1.29 is 9.59 Å². The van der Waals surface area contributed by atoms with Crippen LogP contribution in [0, 0.1) is 0 Å². The molecule has 0 radical (unpaired) electrons. The molecule has 2 bridgehead atoms. The number of nitrogens with zero attached hydrogens (tertiary/aromatic N) is 4. The molecule has 3 amide bonds. The van der Waals surface area contributed by atoms with Gasteiger partial charge < -0.3 is 10.6 Å². The number of H-pyrrole nitrogens is 1. The first-order chi connectivity index (χ1) is 13.0. The highest BCUT2D eigenvalue weighted by Gasteiger charge is 2.40. The number of carbonyl (C=O) groups is 2. The zero-order chi connectivity index (χ0) is 19.1. The van der Waals surface area contributed by atoms with E-state index < -0.39 is 6.03 Å². The summed E-state index contributed by atoms with van der Waals surface area (Å²) in [4.78, 5) is 30.9. The molecule has 144 valence electrons. The Morgan fingerprint density at radius 1 is 1.30 bits per heavy atom. The van der Waals surface area contributed by atoms with Crippen molar-refractivity contribution in [3.8, 4) is 0 Å². The molecule has 3 fully saturated rings. The Bertz CT molecular complexity index is 878. The van der Waals surface area contributed by atoms with Crippen LogP contribution in [0.15, 0.2) is 18.2 Å². The van der Waals surface area contributed by atoms with Crippen LogP contribution in [-0.4, -0.2) is 70.7 Å². The molecule has 0 spiro atoms. The van der Waals surface area contributed by atoms with Gasteiger partial charge in [-0.15, -0.1) is 0 Å². The second kappa shape index (κ2) is 6.84. The quantitative estimate of drug-likeness (QED) is 0.857. The number of anilines is 1. The summed E-state index contributed by atoms with van der Waals surface area (Å²) in [6.07, 6.45) is 2.98. The number of amides is 3. The SMILES string of the molecule is CCCN(C(N)=O)c1ccc2[nH]nc(C(=O)N3CC4CCC3CN4C)c2c1. The number of piperidine rings is 2. The van der Waals surface area contributed by atoms with Crippen LogP contribution in [0.1, 0.15) is 36.7 Å². The minimum Gasteiger partial charge on any atom is -0.351 e. The number of fused-ring (bicyclic) bond motifs is 4. The smallest absolute Gasteiger partial charge is 0.319 e. The molecule has 0 aliphatic carbocycles. The van der Waals surface area contributed by atoms with Crippen molar-refractivity contribution in [3.05, 3.63) is 23.9 Å². The number of likely N-dealkylation sites (N-methyl/N-ethyl adjacent to an activating group) is 1. The lowest BCUT2D eigenvalue weighted by Gasteiger charge is -2.50. The van der Waals surface area contributed by atoms with Crippen molar-refractivity contribution in [1.82, 2.24) is 20.0 Å². The fourth-order valence-electron chi connectivity index (χ4n) is 4.35. The van der Waals surface area contributed by atoms with Crippen molar-refractivity contribution in [2.75, 3.05) is 31.6 Å². The average Bonchev–Trinajstić information content (AvgIpc) is 3.08. The number of benzene rings is 1. The maximum atomic E-state index is 13.2. The van der Waals surface area contributed by atoms with E-state index in [1.54, 1.807) is 0 Å². The summed E-state index contributed by atoms with van der Waals surface area (Å²) in [6, 6.07) is 5.67. The number of hydrogen-bond donors (Lipinski definition) is 2. The number of aromatic amines is 1. The number of nitrogens with one attached hydrogen (secondary N) is 1. The van der Waals surface area contributed by atoms with Crippen LogP contribution >= 0.6 is 0 Å². The molecule has 4 heterocycles. The van der Waals surface area contributed by atoms with Crippen LogP contribution in [0.4, 0.5) is 10.5 Å². The third-order valence-electron chi connectivity index (χ3n) is 5.84. The number of hydrogen-bond acceptors (Lipinski definition) is 4. The second-order valence-corrected chi connectivity index (χ2v) is 7.57. The Morgan fingerprint density at radius 2 is 2.07 bits per heavy atom. The van der Waals surface area contributed by atoms with Gasteiger partial charge in [-0.05, 0) is 44.5 Å². The fourth-order valence-corrected chi connectivity index (χ4v) is 4.35. The lowest BCUT2D eigenvalue weighted by molar-refractivity contribution is -0.000328. The largest absolute Gasteiger partial charge is 0.351 e. The number of piperazine rings is 1. The van der Waals surface area contributed by atoms with Crippen molar-refractivity contribution in [1.29, 1.82) is 0 Å². The monoisotopic (exact) mass is 370 g/mol. The van der Waals surface area contributed by atoms with E-state index in [4.69, 9.17) is 5.73 Å². The summed E-state index contributed by atoms with van der Waals surface area (Å²) in [5.74, 6) is -0.0395. The van der Waals surface area contributed by atoms with Crippen molar-refractivity contribution in [3.63, 3.8) is 0 Å². The number of carbonyl (C=O) groups excluding carboxylic acids is 2. The molecule has 1 aromatic heterocycles. The lowest BCUT2D eigenvalue weighted by atomic mass is 9.91. The van der Waals surface area contributed by atoms with Crippen molar-refractivity contribution in [2.24, 2.45) is 5.73 Å².